The maximum absolute atomic E-state index is 12.5. The molecule has 0 saturated heterocycles. The van der Waals surface area contributed by atoms with Crippen LogP contribution in [0.4, 0.5) is 0 Å². The molecule has 1 N–H and O–H groups in total. The van der Waals surface area contributed by atoms with Crippen molar-refractivity contribution in [2.75, 3.05) is 0 Å². The predicted octanol–water partition coefficient (Wildman–Crippen LogP) is 2.96. The third-order valence-corrected chi connectivity index (χ3v) is 5.57. The molecule has 0 radical (unpaired) electrons. The summed E-state index contributed by atoms with van der Waals surface area (Å²) in [6.45, 7) is 1.78. The average Bonchev–Trinajstić information content (AvgIpc) is 3.09. The van der Waals surface area contributed by atoms with Crippen LogP contribution in [-0.2, 0) is 10.0 Å². The highest BCUT2D eigenvalue weighted by atomic mass is 35.5. The SMILES string of the molecule is C[C@H](NS(=O)(=O)c1ccccc1Cl)c1ccc(-n2cncn2)cc1. The van der Waals surface area contributed by atoms with Gasteiger partial charge in [-0.25, -0.2) is 22.8 Å². The molecule has 24 heavy (non-hydrogen) atoms. The summed E-state index contributed by atoms with van der Waals surface area (Å²) in [6, 6.07) is 13.3. The van der Waals surface area contributed by atoms with Crippen molar-refractivity contribution in [3.05, 3.63) is 71.8 Å². The number of hydrogen-bond acceptors (Lipinski definition) is 4. The lowest BCUT2D eigenvalue weighted by Crippen LogP contribution is -2.27. The van der Waals surface area contributed by atoms with Crippen LogP contribution in [0.2, 0.25) is 5.02 Å². The fourth-order valence-electron chi connectivity index (χ4n) is 2.28. The standard InChI is InChI=1S/C16H15ClN4O2S/c1-12(20-24(22,23)16-5-3-2-4-15(16)17)13-6-8-14(9-7-13)21-11-18-10-19-21/h2-12,20H,1H3/t12-/m0/s1. The lowest BCUT2D eigenvalue weighted by Gasteiger charge is -2.15. The molecular formula is C16H15ClN4O2S. The van der Waals surface area contributed by atoms with Gasteiger partial charge in [0.15, 0.2) is 0 Å². The highest BCUT2D eigenvalue weighted by molar-refractivity contribution is 7.89. The van der Waals surface area contributed by atoms with Crippen molar-refractivity contribution in [1.82, 2.24) is 19.5 Å². The van der Waals surface area contributed by atoms with E-state index in [4.69, 9.17) is 11.6 Å². The van der Waals surface area contributed by atoms with E-state index in [0.29, 0.717) is 0 Å². The first kappa shape index (κ1) is 16.6. The van der Waals surface area contributed by atoms with E-state index in [1.54, 1.807) is 36.1 Å². The summed E-state index contributed by atoms with van der Waals surface area (Å²) < 4.78 is 29.2. The first-order valence-corrected chi connectivity index (χ1v) is 9.05. The Morgan fingerprint density at radius 3 is 2.46 bits per heavy atom. The van der Waals surface area contributed by atoms with Crippen molar-refractivity contribution in [3.63, 3.8) is 0 Å². The van der Waals surface area contributed by atoms with E-state index in [1.165, 1.54) is 12.4 Å². The van der Waals surface area contributed by atoms with E-state index < -0.39 is 16.1 Å². The monoisotopic (exact) mass is 362 g/mol. The van der Waals surface area contributed by atoms with Crippen LogP contribution in [0.5, 0.6) is 0 Å². The number of rotatable bonds is 5. The molecule has 1 atom stereocenters. The molecule has 0 fully saturated rings. The second kappa shape index (κ2) is 6.72. The summed E-state index contributed by atoms with van der Waals surface area (Å²) in [5, 5.41) is 4.24. The second-order valence-electron chi connectivity index (χ2n) is 5.20. The number of hydrogen-bond donors (Lipinski definition) is 1. The van der Waals surface area contributed by atoms with Gasteiger partial charge < -0.3 is 0 Å². The zero-order chi connectivity index (χ0) is 17.2. The third kappa shape index (κ3) is 3.48. The molecule has 124 valence electrons. The highest BCUT2D eigenvalue weighted by Crippen LogP contribution is 2.23. The minimum atomic E-state index is -3.70. The normalized spacial score (nSPS) is 12.9. The molecule has 0 aliphatic rings. The quantitative estimate of drug-likeness (QED) is 0.757. The number of benzene rings is 2. The van der Waals surface area contributed by atoms with Gasteiger partial charge in [0.25, 0.3) is 0 Å². The van der Waals surface area contributed by atoms with Gasteiger partial charge in [0, 0.05) is 6.04 Å². The molecule has 1 aromatic heterocycles. The van der Waals surface area contributed by atoms with Crippen molar-refractivity contribution in [2.45, 2.75) is 17.9 Å². The minimum absolute atomic E-state index is 0.0674. The molecule has 3 aromatic rings. The second-order valence-corrected chi connectivity index (χ2v) is 7.29. The Balaban J connectivity index is 1.80. The molecule has 3 rings (SSSR count). The lowest BCUT2D eigenvalue weighted by atomic mass is 10.1. The molecule has 1 heterocycles. The molecule has 0 bridgehead atoms. The van der Waals surface area contributed by atoms with E-state index in [1.807, 2.05) is 24.3 Å². The van der Waals surface area contributed by atoms with Crippen molar-refractivity contribution < 1.29 is 8.42 Å². The van der Waals surface area contributed by atoms with Gasteiger partial charge in [-0.15, -0.1) is 0 Å². The highest BCUT2D eigenvalue weighted by Gasteiger charge is 2.20. The first-order chi connectivity index (χ1) is 11.5. The van der Waals surface area contributed by atoms with E-state index >= 15 is 0 Å². The number of aromatic nitrogens is 3. The molecule has 0 spiro atoms. The van der Waals surface area contributed by atoms with Gasteiger partial charge in [-0.05, 0) is 36.8 Å². The number of nitrogens with one attached hydrogen (secondary N) is 1. The maximum Gasteiger partial charge on any atom is 0.242 e. The average molecular weight is 363 g/mol. The molecule has 0 aliphatic carbocycles. The van der Waals surface area contributed by atoms with Crippen LogP contribution in [-0.4, -0.2) is 23.2 Å². The Bertz CT molecular complexity index is 925. The van der Waals surface area contributed by atoms with Crippen molar-refractivity contribution in [2.24, 2.45) is 0 Å². The Hall–Kier alpha value is -2.22. The van der Waals surface area contributed by atoms with Crippen molar-refractivity contribution >= 4 is 21.6 Å². The summed E-state index contributed by atoms with van der Waals surface area (Å²) >= 11 is 5.98. The first-order valence-electron chi connectivity index (χ1n) is 7.19. The van der Waals surface area contributed by atoms with Gasteiger partial charge >= 0.3 is 0 Å². The lowest BCUT2D eigenvalue weighted by molar-refractivity contribution is 0.567. The van der Waals surface area contributed by atoms with E-state index in [0.717, 1.165) is 11.3 Å². The van der Waals surface area contributed by atoms with E-state index in [9.17, 15) is 8.42 Å². The smallest absolute Gasteiger partial charge is 0.223 e. The summed E-state index contributed by atoms with van der Waals surface area (Å²) in [4.78, 5) is 3.96. The Morgan fingerprint density at radius 2 is 1.83 bits per heavy atom. The minimum Gasteiger partial charge on any atom is -0.223 e. The molecule has 0 aliphatic heterocycles. The van der Waals surface area contributed by atoms with Gasteiger partial charge in [-0.3, -0.25) is 0 Å². The largest absolute Gasteiger partial charge is 0.242 e. The third-order valence-electron chi connectivity index (χ3n) is 3.53. The van der Waals surface area contributed by atoms with Crippen LogP contribution in [0, 0.1) is 0 Å². The van der Waals surface area contributed by atoms with Crippen LogP contribution < -0.4 is 4.72 Å². The van der Waals surface area contributed by atoms with Crippen LogP contribution in [0.25, 0.3) is 5.69 Å². The van der Waals surface area contributed by atoms with Crippen molar-refractivity contribution in [1.29, 1.82) is 0 Å². The van der Waals surface area contributed by atoms with Gasteiger partial charge in [-0.1, -0.05) is 35.9 Å². The fourth-order valence-corrected chi connectivity index (χ4v) is 4.04. The number of nitrogens with zero attached hydrogens (tertiary/aromatic N) is 3. The van der Waals surface area contributed by atoms with Crippen LogP contribution in [0.15, 0.2) is 66.1 Å². The number of halogens is 1. The van der Waals surface area contributed by atoms with Crippen molar-refractivity contribution in [3.8, 4) is 5.69 Å². The zero-order valence-electron chi connectivity index (χ0n) is 12.8. The Morgan fingerprint density at radius 1 is 1.12 bits per heavy atom. The summed E-state index contributed by atoms with van der Waals surface area (Å²) in [5.41, 5.74) is 1.67. The van der Waals surface area contributed by atoms with Crippen LogP contribution in [0.1, 0.15) is 18.5 Å². The molecule has 0 saturated carbocycles. The van der Waals surface area contributed by atoms with E-state index in [-0.39, 0.29) is 9.92 Å². The Labute approximate surface area is 145 Å². The predicted molar refractivity (Wildman–Crippen MR) is 91.5 cm³/mol. The fraction of sp³-hybridized carbons (Fsp3) is 0.125. The summed E-state index contributed by atoms with van der Waals surface area (Å²) in [7, 11) is -3.70. The van der Waals surface area contributed by atoms with Gasteiger partial charge in [0.05, 0.1) is 10.7 Å². The molecule has 6 nitrogen and oxygen atoms in total. The summed E-state index contributed by atoms with van der Waals surface area (Å²) in [5.74, 6) is 0. The Kier molecular flexibility index (Phi) is 4.66. The molecule has 0 unspecified atom stereocenters. The topological polar surface area (TPSA) is 76.9 Å². The summed E-state index contributed by atoms with van der Waals surface area (Å²) in [6.07, 6.45) is 3.05. The van der Waals surface area contributed by atoms with Gasteiger partial charge in [0.1, 0.15) is 17.6 Å². The van der Waals surface area contributed by atoms with E-state index in [2.05, 4.69) is 14.8 Å². The van der Waals surface area contributed by atoms with Crippen LogP contribution >= 0.6 is 11.6 Å². The molecule has 2 aromatic carbocycles. The van der Waals surface area contributed by atoms with Gasteiger partial charge in [0.2, 0.25) is 10.0 Å². The molecule has 0 amide bonds. The molecular weight excluding hydrogens is 348 g/mol. The molecule has 8 heteroatoms. The maximum atomic E-state index is 12.5. The van der Waals surface area contributed by atoms with Crippen LogP contribution in [0.3, 0.4) is 0 Å². The zero-order valence-corrected chi connectivity index (χ0v) is 14.4. The number of sulfonamides is 1. The van der Waals surface area contributed by atoms with Gasteiger partial charge in [-0.2, -0.15) is 5.10 Å².